The van der Waals surface area contributed by atoms with Crippen LogP contribution < -0.4 is 9.47 Å². The Bertz CT molecular complexity index is 475. The van der Waals surface area contributed by atoms with E-state index in [0.717, 1.165) is 24.9 Å². The predicted octanol–water partition coefficient (Wildman–Crippen LogP) is 1.23. The minimum atomic E-state index is -0.391. The Kier molecular flexibility index (Phi) is 4.84. The van der Waals surface area contributed by atoms with Crippen molar-refractivity contribution in [3.05, 3.63) is 23.8 Å². The van der Waals surface area contributed by atoms with E-state index in [-0.39, 0.29) is 5.91 Å². The molecular formula is C15H21NO4. The number of nitrogens with zero attached hydrogens (tertiary/aromatic N) is 1. The molecule has 0 unspecified atom stereocenters. The molecule has 0 aliphatic carbocycles. The van der Waals surface area contributed by atoms with Gasteiger partial charge in [0.2, 0.25) is 5.91 Å². The topological polar surface area (TPSA) is 59.0 Å². The van der Waals surface area contributed by atoms with Crippen molar-refractivity contribution < 1.29 is 19.4 Å². The molecule has 1 amide bonds. The molecule has 20 heavy (non-hydrogen) atoms. The summed E-state index contributed by atoms with van der Waals surface area (Å²) in [6, 6.07) is 5.48. The number of hydrogen-bond donors (Lipinski definition) is 1. The summed E-state index contributed by atoms with van der Waals surface area (Å²) in [6.07, 6.45) is 1.56. The lowest BCUT2D eigenvalue weighted by Gasteiger charge is -2.30. The fourth-order valence-electron chi connectivity index (χ4n) is 2.46. The average molecular weight is 279 g/mol. The number of likely N-dealkylation sites (tertiary alicyclic amines) is 1. The summed E-state index contributed by atoms with van der Waals surface area (Å²) in [4.78, 5) is 13.9. The number of methoxy groups -OCH3 is 2. The SMILES string of the molecule is COc1ccc(CC(=O)N2CCC[C@H](O)C2)cc1OC. The lowest BCUT2D eigenvalue weighted by Crippen LogP contribution is -2.42. The molecular weight excluding hydrogens is 258 g/mol. The molecule has 2 rings (SSSR count). The van der Waals surface area contributed by atoms with Gasteiger partial charge in [-0.3, -0.25) is 4.79 Å². The molecule has 5 heteroatoms. The fourth-order valence-corrected chi connectivity index (χ4v) is 2.46. The molecule has 0 saturated carbocycles. The highest BCUT2D eigenvalue weighted by molar-refractivity contribution is 5.79. The Labute approximate surface area is 119 Å². The Morgan fingerprint density at radius 1 is 1.35 bits per heavy atom. The zero-order chi connectivity index (χ0) is 14.5. The van der Waals surface area contributed by atoms with E-state index in [4.69, 9.17) is 9.47 Å². The normalized spacial score (nSPS) is 18.8. The number of carbonyl (C=O) groups is 1. The third-order valence-electron chi connectivity index (χ3n) is 3.55. The number of aliphatic hydroxyl groups excluding tert-OH is 1. The van der Waals surface area contributed by atoms with E-state index < -0.39 is 6.10 Å². The maximum Gasteiger partial charge on any atom is 0.227 e. The van der Waals surface area contributed by atoms with Crippen LogP contribution in [0.2, 0.25) is 0 Å². The molecule has 0 spiro atoms. The van der Waals surface area contributed by atoms with Gasteiger partial charge in [0.1, 0.15) is 0 Å². The molecule has 1 atom stereocenters. The van der Waals surface area contributed by atoms with Crippen molar-refractivity contribution in [3.8, 4) is 11.5 Å². The van der Waals surface area contributed by atoms with Crippen LogP contribution in [0.4, 0.5) is 0 Å². The van der Waals surface area contributed by atoms with Crippen LogP contribution in [0.3, 0.4) is 0 Å². The van der Waals surface area contributed by atoms with Crippen molar-refractivity contribution in [1.82, 2.24) is 4.90 Å². The molecule has 0 radical (unpaired) electrons. The van der Waals surface area contributed by atoms with Crippen molar-refractivity contribution in [3.63, 3.8) is 0 Å². The second-order valence-electron chi connectivity index (χ2n) is 5.00. The van der Waals surface area contributed by atoms with Crippen LogP contribution in [0, 0.1) is 0 Å². The van der Waals surface area contributed by atoms with Crippen molar-refractivity contribution in [2.24, 2.45) is 0 Å². The molecule has 1 fully saturated rings. The molecule has 1 aliphatic rings. The van der Waals surface area contributed by atoms with Gasteiger partial charge in [-0.25, -0.2) is 0 Å². The summed E-state index contributed by atoms with van der Waals surface area (Å²) >= 11 is 0. The fraction of sp³-hybridized carbons (Fsp3) is 0.533. The number of ether oxygens (including phenoxy) is 2. The lowest BCUT2D eigenvalue weighted by atomic mass is 10.1. The number of piperidine rings is 1. The first-order valence-electron chi connectivity index (χ1n) is 6.80. The van der Waals surface area contributed by atoms with Gasteiger partial charge in [-0.15, -0.1) is 0 Å². The highest BCUT2D eigenvalue weighted by atomic mass is 16.5. The van der Waals surface area contributed by atoms with Crippen LogP contribution in [0.1, 0.15) is 18.4 Å². The van der Waals surface area contributed by atoms with Crippen molar-refractivity contribution in [2.45, 2.75) is 25.4 Å². The summed E-state index contributed by atoms with van der Waals surface area (Å²) in [5, 5.41) is 9.61. The van der Waals surface area contributed by atoms with E-state index in [2.05, 4.69) is 0 Å². The Morgan fingerprint density at radius 3 is 2.75 bits per heavy atom. The van der Waals surface area contributed by atoms with E-state index >= 15 is 0 Å². The molecule has 0 aromatic heterocycles. The molecule has 110 valence electrons. The van der Waals surface area contributed by atoms with Crippen LogP contribution in [0.5, 0.6) is 11.5 Å². The van der Waals surface area contributed by atoms with Crippen molar-refractivity contribution >= 4 is 5.91 Å². The molecule has 5 nitrogen and oxygen atoms in total. The first-order chi connectivity index (χ1) is 9.63. The zero-order valence-electron chi connectivity index (χ0n) is 12.0. The van der Waals surface area contributed by atoms with E-state index in [1.165, 1.54) is 0 Å². The average Bonchev–Trinajstić information content (AvgIpc) is 2.47. The van der Waals surface area contributed by atoms with Gasteiger partial charge in [0.05, 0.1) is 26.7 Å². The molecule has 1 heterocycles. The predicted molar refractivity (Wildman–Crippen MR) is 75.1 cm³/mol. The second kappa shape index (κ2) is 6.61. The lowest BCUT2D eigenvalue weighted by molar-refractivity contribution is -0.133. The Balaban J connectivity index is 2.03. The molecule has 1 aliphatic heterocycles. The van der Waals surface area contributed by atoms with E-state index in [1.807, 2.05) is 12.1 Å². The highest BCUT2D eigenvalue weighted by Crippen LogP contribution is 2.28. The maximum atomic E-state index is 12.2. The van der Waals surface area contributed by atoms with Gasteiger partial charge in [0, 0.05) is 13.1 Å². The van der Waals surface area contributed by atoms with E-state index in [1.54, 1.807) is 25.2 Å². The third kappa shape index (κ3) is 3.42. The van der Waals surface area contributed by atoms with Gasteiger partial charge in [-0.05, 0) is 30.5 Å². The second-order valence-corrected chi connectivity index (χ2v) is 5.00. The maximum absolute atomic E-state index is 12.2. The minimum absolute atomic E-state index is 0.0379. The largest absolute Gasteiger partial charge is 0.493 e. The van der Waals surface area contributed by atoms with Gasteiger partial charge in [0.15, 0.2) is 11.5 Å². The smallest absolute Gasteiger partial charge is 0.227 e. The summed E-state index contributed by atoms with van der Waals surface area (Å²) < 4.78 is 10.4. The quantitative estimate of drug-likeness (QED) is 0.900. The summed E-state index contributed by atoms with van der Waals surface area (Å²) in [5.74, 6) is 1.31. The molecule has 1 N–H and O–H groups in total. The number of rotatable bonds is 4. The number of aliphatic hydroxyl groups is 1. The molecule has 1 saturated heterocycles. The Morgan fingerprint density at radius 2 is 2.10 bits per heavy atom. The van der Waals surface area contributed by atoms with Crippen LogP contribution in [0.25, 0.3) is 0 Å². The first kappa shape index (κ1) is 14.7. The monoisotopic (exact) mass is 279 g/mol. The van der Waals surface area contributed by atoms with Crippen LogP contribution in [-0.2, 0) is 11.2 Å². The van der Waals surface area contributed by atoms with Crippen LogP contribution >= 0.6 is 0 Å². The van der Waals surface area contributed by atoms with Crippen molar-refractivity contribution in [1.29, 1.82) is 0 Å². The van der Waals surface area contributed by atoms with Crippen LogP contribution in [-0.4, -0.2) is 49.3 Å². The highest BCUT2D eigenvalue weighted by Gasteiger charge is 2.22. The third-order valence-corrected chi connectivity index (χ3v) is 3.55. The Hall–Kier alpha value is -1.75. The van der Waals surface area contributed by atoms with E-state index in [9.17, 15) is 9.90 Å². The van der Waals surface area contributed by atoms with Gasteiger partial charge < -0.3 is 19.5 Å². The number of hydrogen-bond acceptors (Lipinski definition) is 4. The van der Waals surface area contributed by atoms with Gasteiger partial charge in [0.25, 0.3) is 0 Å². The number of carbonyl (C=O) groups excluding carboxylic acids is 1. The first-order valence-corrected chi connectivity index (χ1v) is 6.80. The zero-order valence-corrected chi connectivity index (χ0v) is 12.0. The number of β-amino-alcohol motifs (C(OH)–C–C–N with tert-alkyl or cyclic N) is 1. The molecule has 1 aromatic carbocycles. The number of amides is 1. The molecule has 1 aromatic rings. The summed E-state index contributed by atoms with van der Waals surface area (Å²) in [7, 11) is 3.16. The van der Waals surface area contributed by atoms with Gasteiger partial charge in [-0.1, -0.05) is 6.07 Å². The summed E-state index contributed by atoms with van der Waals surface area (Å²) in [6.45, 7) is 1.16. The standard InChI is InChI=1S/C15H21NO4/c1-19-13-6-5-11(8-14(13)20-2)9-15(18)16-7-3-4-12(17)10-16/h5-6,8,12,17H,3-4,7,9-10H2,1-2H3/t12-/m0/s1. The van der Waals surface area contributed by atoms with Gasteiger partial charge >= 0.3 is 0 Å². The van der Waals surface area contributed by atoms with Crippen molar-refractivity contribution in [2.75, 3.05) is 27.3 Å². The van der Waals surface area contributed by atoms with Crippen LogP contribution in [0.15, 0.2) is 18.2 Å². The van der Waals surface area contributed by atoms with Gasteiger partial charge in [-0.2, -0.15) is 0 Å². The summed E-state index contributed by atoms with van der Waals surface area (Å²) in [5.41, 5.74) is 0.882. The van der Waals surface area contributed by atoms with E-state index in [0.29, 0.717) is 24.5 Å². The minimum Gasteiger partial charge on any atom is -0.493 e. The molecule has 0 bridgehead atoms. The number of benzene rings is 1.